The van der Waals surface area contributed by atoms with Gasteiger partial charge in [0.25, 0.3) is 0 Å². The van der Waals surface area contributed by atoms with Crippen molar-refractivity contribution >= 4 is 26.8 Å². The lowest BCUT2D eigenvalue weighted by atomic mass is 10.0. The predicted octanol–water partition coefficient (Wildman–Crippen LogP) is 4.05. The Bertz CT molecular complexity index is 538. The zero-order valence-corrected chi connectivity index (χ0v) is 11.6. The number of hydrogen-bond acceptors (Lipinski definition) is 1. The van der Waals surface area contributed by atoms with Gasteiger partial charge in [0.2, 0.25) is 0 Å². The highest BCUT2D eigenvalue weighted by Gasteiger charge is 2.20. The number of rotatable bonds is 1. The van der Waals surface area contributed by atoms with E-state index < -0.39 is 0 Å². The standard InChI is InChI=1S/C14H17BrN2/c1-9-5-4-6-10-12(15)14(17-13(9)10)11-7-2-3-8-16-11/h4-6,11,16-17H,2-3,7-8H2,1H3. The average molecular weight is 293 g/mol. The van der Waals surface area contributed by atoms with Gasteiger partial charge in [0.05, 0.1) is 0 Å². The molecule has 2 heterocycles. The van der Waals surface area contributed by atoms with Crippen LogP contribution in [0.3, 0.4) is 0 Å². The van der Waals surface area contributed by atoms with Crippen molar-refractivity contribution in [1.82, 2.24) is 10.3 Å². The first-order chi connectivity index (χ1) is 8.27. The summed E-state index contributed by atoms with van der Waals surface area (Å²) in [6.07, 6.45) is 3.84. The van der Waals surface area contributed by atoms with E-state index in [1.807, 2.05) is 0 Å². The van der Waals surface area contributed by atoms with Gasteiger partial charge in [-0.25, -0.2) is 0 Å². The lowest BCUT2D eigenvalue weighted by molar-refractivity contribution is 0.406. The van der Waals surface area contributed by atoms with Gasteiger partial charge in [-0.1, -0.05) is 24.6 Å². The van der Waals surface area contributed by atoms with E-state index in [0.717, 1.165) is 6.54 Å². The number of para-hydroxylation sites is 1. The zero-order valence-electron chi connectivity index (χ0n) is 10.0. The van der Waals surface area contributed by atoms with Crippen LogP contribution in [-0.2, 0) is 0 Å². The monoisotopic (exact) mass is 292 g/mol. The van der Waals surface area contributed by atoms with E-state index in [9.17, 15) is 0 Å². The number of hydrogen-bond donors (Lipinski definition) is 2. The van der Waals surface area contributed by atoms with Gasteiger partial charge in [-0.05, 0) is 47.8 Å². The molecule has 2 aromatic rings. The number of halogens is 1. The largest absolute Gasteiger partial charge is 0.356 e. The summed E-state index contributed by atoms with van der Waals surface area (Å²) in [6.45, 7) is 3.29. The lowest BCUT2D eigenvalue weighted by Crippen LogP contribution is -2.27. The van der Waals surface area contributed by atoms with Gasteiger partial charge in [-0.15, -0.1) is 0 Å². The average Bonchev–Trinajstić information content (AvgIpc) is 2.70. The van der Waals surface area contributed by atoms with Crippen LogP contribution in [0.4, 0.5) is 0 Å². The van der Waals surface area contributed by atoms with E-state index in [4.69, 9.17) is 0 Å². The normalized spacial score (nSPS) is 20.9. The molecule has 0 radical (unpaired) electrons. The first-order valence-corrected chi connectivity index (χ1v) is 7.07. The van der Waals surface area contributed by atoms with Crippen molar-refractivity contribution in [3.8, 4) is 0 Å². The second-order valence-electron chi connectivity index (χ2n) is 4.85. The van der Waals surface area contributed by atoms with E-state index in [1.165, 1.54) is 45.9 Å². The smallest absolute Gasteiger partial charge is 0.0497 e. The van der Waals surface area contributed by atoms with E-state index in [-0.39, 0.29) is 0 Å². The maximum absolute atomic E-state index is 3.75. The van der Waals surface area contributed by atoms with Gasteiger partial charge >= 0.3 is 0 Å². The molecule has 1 aliphatic rings. The molecule has 0 bridgehead atoms. The molecule has 3 rings (SSSR count). The Hall–Kier alpha value is -0.800. The molecule has 0 saturated carbocycles. The molecule has 1 atom stereocenters. The molecule has 2 nitrogen and oxygen atoms in total. The molecule has 0 aliphatic carbocycles. The number of aromatic amines is 1. The summed E-state index contributed by atoms with van der Waals surface area (Å²) in [5.41, 5.74) is 3.89. The van der Waals surface area contributed by atoms with Gasteiger partial charge in [0.15, 0.2) is 0 Å². The second kappa shape index (κ2) is 4.46. The lowest BCUT2D eigenvalue weighted by Gasteiger charge is -2.23. The Balaban J connectivity index is 2.10. The molecule has 0 spiro atoms. The van der Waals surface area contributed by atoms with Crippen LogP contribution in [0.25, 0.3) is 10.9 Å². The van der Waals surface area contributed by atoms with Crippen LogP contribution >= 0.6 is 15.9 Å². The molecule has 1 unspecified atom stereocenters. The Labute approximate surface area is 110 Å². The fraction of sp³-hybridized carbons (Fsp3) is 0.429. The number of nitrogens with one attached hydrogen (secondary N) is 2. The van der Waals surface area contributed by atoms with Gasteiger partial charge in [-0.3, -0.25) is 0 Å². The van der Waals surface area contributed by atoms with Crippen LogP contribution in [0.1, 0.15) is 36.6 Å². The number of aryl methyl sites for hydroxylation is 1. The summed E-state index contributed by atoms with van der Waals surface area (Å²) in [6, 6.07) is 6.93. The van der Waals surface area contributed by atoms with Crippen LogP contribution in [-0.4, -0.2) is 11.5 Å². The van der Waals surface area contributed by atoms with Gasteiger partial charge in [0.1, 0.15) is 0 Å². The van der Waals surface area contributed by atoms with Crippen LogP contribution < -0.4 is 5.32 Å². The molecule has 3 heteroatoms. The molecule has 90 valence electrons. The van der Waals surface area contributed by atoms with Gasteiger partial charge < -0.3 is 10.3 Å². The maximum atomic E-state index is 3.75. The van der Waals surface area contributed by atoms with E-state index >= 15 is 0 Å². The Morgan fingerprint density at radius 3 is 2.88 bits per heavy atom. The quantitative estimate of drug-likeness (QED) is 0.815. The number of piperidine rings is 1. The second-order valence-corrected chi connectivity index (χ2v) is 5.65. The molecule has 1 aromatic heterocycles. The van der Waals surface area contributed by atoms with Crippen LogP contribution in [0.2, 0.25) is 0 Å². The van der Waals surface area contributed by atoms with E-state index in [2.05, 4.69) is 51.4 Å². The van der Waals surface area contributed by atoms with Crippen molar-refractivity contribution < 1.29 is 0 Å². The van der Waals surface area contributed by atoms with Crippen molar-refractivity contribution in [1.29, 1.82) is 0 Å². The fourth-order valence-corrected chi connectivity index (χ4v) is 3.40. The molecular weight excluding hydrogens is 276 g/mol. The van der Waals surface area contributed by atoms with Crippen molar-refractivity contribution in [3.63, 3.8) is 0 Å². The first-order valence-electron chi connectivity index (χ1n) is 6.27. The molecule has 1 aliphatic heterocycles. The van der Waals surface area contributed by atoms with Crippen molar-refractivity contribution in [2.45, 2.75) is 32.2 Å². The molecule has 17 heavy (non-hydrogen) atoms. The summed E-state index contributed by atoms with van der Waals surface area (Å²) in [7, 11) is 0. The predicted molar refractivity (Wildman–Crippen MR) is 75.3 cm³/mol. The summed E-state index contributed by atoms with van der Waals surface area (Å²) in [4.78, 5) is 3.59. The summed E-state index contributed by atoms with van der Waals surface area (Å²) < 4.78 is 1.23. The van der Waals surface area contributed by atoms with Crippen LogP contribution in [0.5, 0.6) is 0 Å². The first kappa shape index (κ1) is 11.3. The van der Waals surface area contributed by atoms with Crippen LogP contribution in [0.15, 0.2) is 22.7 Å². The third-order valence-corrected chi connectivity index (χ3v) is 4.52. The zero-order chi connectivity index (χ0) is 11.8. The van der Waals surface area contributed by atoms with Crippen molar-refractivity contribution in [2.75, 3.05) is 6.54 Å². The molecule has 1 saturated heterocycles. The molecular formula is C14H17BrN2. The minimum absolute atomic E-state index is 0.477. The third-order valence-electron chi connectivity index (χ3n) is 3.66. The van der Waals surface area contributed by atoms with E-state index in [0.29, 0.717) is 6.04 Å². The fourth-order valence-electron chi connectivity index (χ4n) is 2.69. The topological polar surface area (TPSA) is 27.8 Å². The summed E-state index contributed by atoms with van der Waals surface area (Å²) in [5, 5.41) is 4.89. The highest BCUT2D eigenvalue weighted by atomic mass is 79.9. The Morgan fingerprint density at radius 2 is 2.18 bits per heavy atom. The van der Waals surface area contributed by atoms with Crippen LogP contribution in [0, 0.1) is 6.92 Å². The van der Waals surface area contributed by atoms with Crippen molar-refractivity contribution in [3.05, 3.63) is 33.9 Å². The summed E-state index contributed by atoms with van der Waals surface area (Å²) in [5.74, 6) is 0. The number of H-pyrrole nitrogens is 1. The summed E-state index contributed by atoms with van der Waals surface area (Å²) >= 11 is 3.75. The highest BCUT2D eigenvalue weighted by molar-refractivity contribution is 9.10. The number of fused-ring (bicyclic) bond motifs is 1. The minimum atomic E-state index is 0.477. The SMILES string of the molecule is Cc1cccc2c(Br)c(C3CCCCN3)[nH]c12. The molecule has 0 amide bonds. The molecule has 2 N–H and O–H groups in total. The number of aromatic nitrogens is 1. The van der Waals surface area contributed by atoms with Gasteiger partial charge in [-0.2, -0.15) is 0 Å². The molecule has 1 aromatic carbocycles. The molecule has 1 fully saturated rings. The Morgan fingerprint density at radius 1 is 1.29 bits per heavy atom. The number of benzene rings is 1. The third kappa shape index (κ3) is 1.91. The minimum Gasteiger partial charge on any atom is -0.356 e. The van der Waals surface area contributed by atoms with Gasteiger partial charge in [0, 0.05) is 27.1 Å². The van der Waals surface area contributed by atoms with E-state index in [1.54, 1.807) is 0 Å². The van der Waals surface area contributed by atoms with Crippen molar-refractivity contribution in [2.24, 2.45) is 0 Å². The maximum Gasteiger partial charge on any atom is 0.0497 e. The Kier molecular flexibility index (Phi) is 2.97. The highest BCUT2D eigenvalue weighted by Crippen LogP contribution is 2.35.